The van der Waals surface area contributed by atoms with E-state index in [1.807, 2.05) is 36.4 Å². The first-order valence-corrected chi connectivity index (χ1v) is 10.9. The average Bonchev–Trinajstić information content (AvgIpc) is 3.46. The number of hydrogen-bond acceptors (Lipinski definition) is 5. The lowest BCUT2D eigenvalue weighted by atomic mass is 10.1. The number of rotatable bonds is 4. The molecule has 0 amide bonds. The van der Waals surface area contributed by atoms with Gasteiger partial charge in [0.05, 0.1) is 23.4 Å². The molecule has 0 bridgehead atoms. The zero-order valence-corrected chi connectivity index (χ0v) is 17.7. The molecule has 6 rings (SSSR count). The maximum Gasteiger partial charge on any atom is 0.261 e. The van der Waals surface area contributed by atoms with Gasteiger partial charge in [0.1, 0.15) is 5.52 Å². The second kappa shape index (κ2) is 7.70. The lowest BCUT2D eigenvalue weighted by molar-refractivity contribution is 0.0115. The Kier molecular flexibility index (Phi) is 4.65. The van der Waals surface area contributed by atoms with Gasteiger partial charge in [0.2, 0.25) is 0 Å². The molecule has 2 aliphatic rings. The lowest BCUT2D eigenvalue weighted by Crippen LogP contribution is -2.24. The molecule has 2 N–H and O–H groups in total. The first-order chi connectivity index (χ1) is 16.0. The number of H-pyrrole nitrogens is 2. The smallest absolute Gasteiger partial charge is 0.261 e. The van der Waals surface area contributed by atoms with Crippen LogP contribution in [0.15, 0.2) is 48.8 Å². The Morgan fingerprint density at radius 1 is 1.12 bits per heavy atom. The molecule has 0 unspecified atom stereocenters. The highest BCUT2D eigenvalue weighted by atomic mass is 19.3. The molecule has 1 aliphatic carbocycles. The molecule has 0 atom stereocenters. The van der Waals surface area contributed by atoms with Gasteiger partial charge in [-0.15, -0.1) is 0 Å². The van der Waals surface area contributed by atoms with E-state index in [0.29, 0.717) is 30.1 Å². The van der Waals surface area contributed by atoms with Gasteiger partial charge in [0, 0.05) is 49.6 Å². The number of hydrogen-bond donors (Lipinski definition) is 2. The molecule has 4 aromatic rings. The van der Waals surface area contributed by atoms with Gasteiger partial charge in [-0.1, -0.05) is 18.2 Å². The third-order valence-electron chi connectivity index (χ3n) is 6.01. The van der Waals surface area contributed by atoms with E-state index in [1.165, 1.54) is 0 Å². The minimum absolute atomic E-state index is 0.0934. The molecule has 0 radical (unpaired) electrons. The quantitative estimate of drug-likeness (QED) is 0.487. The molecule has 0 aromatic carbocycles. The number of nitrogens with zero attached hydrogens (tertiary/aromatic N) is 5. The first kappa shape index (κ1) is 19.9. The van der Waals surface area contributed by atoms with E-state index in [2.05, 4.69) is 26.2 Å². The molecule has 7 nitrogen and oxygen atoms in total. The maximum atomic E-state index is 13.5. The van der Waals surface area contributed by atoms with Crippen molar-refractivity contribution >= 4 is 17.1 Å². The number of nitrogens with one attached hydrogen (secondary N) is 2. The fourth-order valence-corrected chi connectivity index (χ4v) is 4.38. The van der Waals surface area contributed by atoms with E-state index in [9.17, 15) is 8.78 Å². The third kappa shape index (κ3) is 3.84. The molecule has 166 valence electrons. The standard InChI is InChI=1S/C24H21F2N7/c25-24(26)8-9-33(14-24)13-15-10-16(12-27-11-15)17-6-7-20-21(28-17)22(32-31-20)23-29-18-4-2-1-3-5-19(18)30-23/h1-4,6-7,10-12H,5,8-9,13-14H2,(H,29,30)(H,31,32). The summed E-state index contributed by atoms with van der Waals surface area (Å²) >= 11 is 0. The summed E-state index contributed by atoms with van der Waals surface area (Å²) in [4.78, 5) is 19.0. The van der Waals surface area contributed by atoms with Crippen LogP contribution in [0, 0.1) is 0 Å². The SMILES string of the molecule is FC1(F)CCN(Cc2cncc(-c3ccc4[nH]nc(-c5nc6c([nH]5)CC=CC=C6)c4n3)c2)C1. The third-order valence-corrected chi connectivity index (χ3v) is 6.01. The van der Waals surface area contributed by atoms with Crippen LogP contribution in [0.4, 0.5) is 8.78 Å². The Balaban J connectivity index is 1.32. The van der Waals surface area contributed by atoms with Crippen molar-refractivity contribution in [1.29, 1.82) is 0 Å². The van der Waals surface area contributed by atoms with E-state index < -0.39 is 5.92 Å². The highest BCUT2D eigenvalue weighted by Crippen LogP contribution is 2.30. The number of aromatic amines is 2. The van der Waals surface area contributed by atoms with Crippen LogP contribution in [0.1, 0.15) is 23.4 Å². The van der Waals surface area contributed by atoms with E-state index in [1.54, 1.807) is 17.3 Å². The van der Waals surface area contributed by atoms with E-state index in [0.717, 1.165) is 40.1 Å². The van der Waals surface area contributed by atoms with Crippen LogP contribution < -0.4 is 0 Å². The van der Waals surface area contributed by atoms with E-state index in [-0.39, 0.29) is 13.0 Å². The zero-order chi connectivity index (χ0) is 22.4. The monoisotopic (exact) mass is 445 g/mol. The van der Waals surface area contributed by atoms with Gasteiger partial charge < -0.3 is 4.98 Å². The van der Waals surface area contributed by atoms with Gasteiger partial charge in [-0.3, -0.25) is 15.0 Å². The molecular weight excluding hydrogens is 424 g/mol. The Hall–Kier alpha value is -3.72. The molecule has 1 saturated heterocycles. The maximum absolute atomic E-state index is 13.5. The minimum atomic E-state index is -2.61. The van der Waals surface area contributed by atoms with Crippen LogP contribution in [0.2, 0.25) is 0 Å². The first-order valence-electron chi connectivity index (χ1n) is 10.9. The lowest BCUT2D eigenvalue weighted by Gasteiger charge is -2.15. The van der Waals surface area contributed by atoms with Gasteiger partial charge in [0.15, 0.2) is 11.5 Å². The van der Waals surface area contributed by atoms with Gasteiger partial charge >= 0.3 is 0 Å². The van der Waals surface area contributed by atoms with E-state index in [4.69, 9.17) is 9.97 Å². The topological polar surface area (TPSA) is 86.4 Å². The predicted molar refractivity (Wildman–Crippen MR) is 121 cm³/mol. The Morgan fingerprint density at radius 2 is 2.06 bits per heavy atom. The second-order valence-corrected chi connectivity index (χ2v) is 8.50. The Morgan fingerprint density at radius 3 is 2.94 bits per heavy atom. The number of allylic oxidation sites excluding steroid dienone is 3. The Labute approximate surface area is 188 Å². The van der Waals surface area contributed by atoms with Gasteiger partial charge in [-0.05, 0) is 29.8 Å². The molecule has 0 saturated carbocycles. The van der Waals surface area contributed by atoms with Crippen molar-refractivity contribution in [3.8, 4) is 22.8 Å². The van der Waals surface area contributed by atoms with Crippen LogP contribution in [0.3, 0.4) is 0 Å². The number of fused-ring (bicyclic) bond motifs is 2. The molecule has 5 heterocycles. The number of alkyl halides is 2. The summed E-state index contributed by atoms with van der Waals surface area (Å²) in [5.74, 6) is -1.94. The largest absolute Gasteiger partial charge is 0.340 e. The van der Waals surface area contributed by atoms with Crippen LogP contribution >= 0.6 is 0 Å². The number of likely N-dealkylation sites (tertiary alicyclic amines) is 1. The van der Waals surface area contributed by atoms with Crippen LogP contribution in [0.25, 0.3) is 39.9 Å². The number of imidazole rings is 1. The summed E-state index contributed by atoms with van der Waals surface area (Å²) in [7, 11) is 0. The molecule has 1 aliphatic heterocycles. The van der Waals surface area contributed by atoms with Crippen molar-refractivity contribution < 1.29 is 8.78 Å². The highest BCUT2D eigenvalue weighted by molar-refractivity contribution is 5.89. The van der Waals surface area contributed by atoms with Crippen LogP contribution in [0.5, 0.6) is 0 Å². The summed E-state index contributed by atoms with van der Waals surface area (Å²) in [6, 6.07) is 5.79. The molecule has 4 aromatic heterocycles. The van der Waals surface area contributed by atoms with Crippen molar-refractivity contribution in [1.82, 2.24) is 35.0 Å². The second-order valence-electron chi connectivity index (χ2n) is 8.50. The van der Waals surface area contributed by atoms with Gasteiger partial charge in [-0.25, -0.2) is 18.7 Å². The predicted octanol–water partition coefficient (Wildman–Crippen LogP) is 4.38. The summed E-state index contributed by atoms with van der Waals surface area (Å²) in [5.41, 5.74) is 6.55. The fraction of sp³-hybridized carbons (Fsp3) is 0.250. The number of pyridine rings is 2. The van der Waals surface area contributed by atoms with Crippen molar-refractivity contribution in [2.24, 2.45) is 0 Å². The summed E-state index contributed by atoms with van der Waals surface area (Å²) in [6.45, 7) is 0.616. The fourth-order valence-electron chi connectivity index (χ4n) is 4.38. The Bertz CT molecular complexity index is 1400. The van der Waals surface area contributed by atoms with Gasteiger partial charge in [-0.2, -0.15) is 5.10 Å². The van der Waals surface area contributed by atoms with Crippen LogP contribution in [-0.4, -0.2) is 54.0 Å². The summed E-state index contributed by atoms with van der Waals surface area (Å²) in [5, 5.41) is 7.48. The van der Waals surface area contributed by atoms with Crippen molar-refractivity contribution in [2.45, 2.75) is 25.3 Å². The van der Waals surface area contributed by atoms with Gasteiger partial charge in [0.25, 0.3) is 5.92 Å². The van der Waals surface area contributed by atoms with Crippen molar-refractivity contribution in [2.75, 3.05) is 13.1 Å². The molecular formula is C24H21F2N7. The van der Waals surface area contributed by atoms with Crippen molar-refractivity contribution in [3.63, 3.8) is 0 Å². The summed E-state index contributed by atoms with van der Waals surface area (Å²) in [6.07, 6.45) is 12.2. The molecule has 0 spiro atoms. The normalized spacial score (nSPS) is 17.5. The van der Waals surface area contributed by atoms with Crippen molar-refractivity contribution in [3.05, 3.63) is 65.8 Å². The van der Waals surface area contributed by atoms with E-state index >= 15 is 0 Å². The molecule has 1 fully saturated rings. The summed E-state index contributed by atoms with van der Waals surface area (Å²) < 4.78 is 27.1. The highest BCUT2D eigenvalue weighted by Gasteiger charge is 2.37. The average molecular weight is 445 g/mol. The molecule has 9 heteroatoms. The molecule has 33 heavy (non-hydrogen) atoms. The zero-order valence-electron chi connectivity index (χ0n) is 17.7. The minimum Gasteiger partial charge on any atom is -0.340 e. The number of halogens is 2. The number of aromatic nitrogens is 6. The van der Waals surface area contributed by atoms with Crippen LogP contribution in [-0.2, 0) is 13.0 Å².